The number of aryl methyl sites for hydroxylation is 2. The molecule has 1 saturated heterocycles. The summed E-state index contributed by atoms with van der Waals surface area (Å²) in [6, 6.07) is 10.7. The Labute approximate surface area is 149 Å². The van der Waals surface area contributed by atoms with Crippen molar-refractivity contribution in [3.63, 3.8) is 0 Å². The zero-order valence-electron chi connectivity index (χ0n) is 14.8. The molecule has 1 fully saturated rings. The molecule has 2 N–H and O–H groups in total. The summed E-state index contributed by atoms with van der Waals surface area (Å²) in [5, 5.41) is 0. The molecule has 2 heterocycles. The van der Waals surface area contributed by atoms with Crippen molar-refractivity contribution in [2.24, 2.45) is 5.73 Å². The van der Waals surface area contributed by atoms with Crippen LogP contribution in [-0.4, -0.2) is 40.4 Å². The molecule has 0 bridgehead atoms. The number of rotatable bonds is 6. The quantitative estimate of drug-likeness (QED) is 0.879. The molecule has 1 aliphatic heterocycles. The summed E-state index contributed by atoms with van der Waals surface area (Å²) < 4.78 is 0. The Bertz CT molecular complexity index is 709. The average molecular weight is 338 g/mol. The van der Waals surface area contributed by atoms with Gasteiger partial charge in [-0.3, -0.25) is 4.79 Å². The second kappa shape index (κ2) is 8.21. The molecule has 0 aliphatic carbocycles. The van der Waals surface area contributed by atoms with Crippen molar-refractivity contribution >= 4 is 5.91 Å². The van der Waals surface area contributed by atoms with Crippen LogP contribution >= 0.6 is 0 Å². The van der Waals surface area contributed by atoms with Gasteiger partial charge in [0.25, 0.3) is 5.91 Å². The zero-order valence-corrected chi connectivity index (χ0v) is 14.8. The van der Waals surface area contributed by atoms with E-state index >= 15 is 0 Å². The predicted molar refractivity (Wildman–Crippen MR) is 98.5 cm³/mol. The first-order valence-electron chi connectivity index (χ1n) is 9.03. The van der Waals surface area contributed by atoms with E-state index in [4.69, 9.17) is 5.73 Å². The Morgan fingerprint density at radius 1 is 1.24 bits per heavy atom. The number of hydrogen-bond donors (Lipinski definition) is 1. The summed E-state index contributed by atoms with van der Waals surface area (Å²) in [4.78, 5) is 22.7. The van der Waals surface area contributed by atoms with Crippen LogP contribution in [0.3, 0.4) is 0 Å². The maximum atomic E-state index is 11.3. The van der Waals surface area contributed by atoms with Gasteiger partial charge < -0.3 is 10.6 Å². The molecule has 25 heavy (non-hydrogen) atoms. The maximum Gasteiger partial charge on any atom is 0.252 e. The molecule has 132 valence electrons. The number of hydrogen-bond acceptors (Lipinski definition) is 4. The van der Waals surface area contributed by atoms with Gasteiger partial charge >= 0.3 is 0 Å². The number of amides is 1. The van der Waals surface area contributed by atoms with Crippen LogP contribution in [0.25, 0.3) is 0 Å². The first-order chi connectivity index (χ1) is 12.1. The Kier molecular flexibility index (Phi) is 5.76. The van der Waals surface area contributed by atoms with E-state index in [1.807, 2.05) is 6.92 Å². The normalized spacial score (nSPS) is 16.0. The number of nitrogens with two attached hydrogens (primary N) is 1. The lowest BCUT2D eigenvalue weighted by molar-refractivity contribution is 0.0998. The molecule has 0 spiro atoms. The lowest BCUT2D eigenvalue weighted by Gasteiger charge is -2.31. The number of carbonyl (C=O) groups excluding carboxylic acids is 1. The molecule has 1 aliphatic rings. The van der Waals surface area contributed by atoms with Crippen LogP contribution in [0.15, 0.2) is 36.5 Å². The Balaban J connectivity index is 1.47. The smallest absolute Gasteiger partial charge is 0.252 e. The first kappa shape index (κ1) is 17.5. The highest BCUT2D eigenvalue weighted by molar-refractivity contribution is 5.93. The van der Waals surface area contributed by atoms with E-state index < -0.39 is 5.91 Å². The van der Waals surface area contributed by atoms with Crippen LogP contribution in [0.4, 0.5) is 0 Å². The average Bonchev–Trinajstić information content (AvgIpc) is 2.63. The minimum atomic E-state index is -0.461. The zero-order chi connectivity index (χ0) is 17.6. The molecule has 1 aromatic heterocycles. The number of piperidine rings is 1. The molecule has 3 rings (SSSR count). The van der Waals surface area contributed by atoms with Gasteiger partial charge in [-0.15, -0.1) is 0 Å². The molecule has 5 nitrogen and oxygen atoms in total. The van der Waals surface area contributed by atoms with E-state index in [-0.39, 0.29) is 0 Å². The van der Waals surface area contributed by atoms with Crippen LogP contribution in [-0.2, 0) is 6.42 Å². The van der Waals surface area contributed by atoms with Crippen LogP contribution in [0, 0.1) is 6.92 Å². The van der Waals surface area contributed by atoms with Crippen LogP contribution in [0.5, 0.6) is 0 Å². The fraction of sp³-hybridized carbons (Fsp3) is 0.450. The fourth-order valence-electron chi connectivity index (χ4n) is 3.49. The summed E-state index contributed by atoms with van der Waals surface area (Å²) in [5.74, 6) is 0.773. The van der Waals surface area contributed by atoms with Gasteiger partial charge in [0.2, 0.25) is 0 Å². The van der Waals surface area contributed by atoms with E-state index in [9.17, 15) is 4.79 Å². The topological polar surface area (TPSA) is 72.1 Å². The molecule has 0 radical (unpaired) electrons. The summed E-state index contributed by atoms with van der Waals surface area (Å²) in [6.45, 7) is 5.13. The highest BCUT2D eigenvalue weighted by Gasteiger charge is 2.23. The summed E-state index contributed by atoms with van der Waals surface area (Å²) >= 11 is 0. The standard InChI is InChI=1S/C20H26N4O/c1-15-18(19(21)25)14-22-20(23-15)17-9-12-24(13-10-17)11-5-8-16-6-3-2-4-7-16/h2-4,6-7,14,17H,5,8-13H2,1H3,(H2,21,25). The monoisotopic (exact) mass is 338 g/mol. The van der Waals surface area contributed by atoms with Crippen molar-refractivity contribution in [3.8, 4) is 0 Å². The van der Waals surface area contributed by atoms with E-state index in [1.165, 1.54) is 12.0 Å². The summed E-state index contributed by atoms with van der Waals surface area (Å²) in [6.07, 6.45) is 6.04. The maximum absolute atomic E-state index is 11.3. The number of benzene rings is 1. The van der Waals surface area contributed by atoms with Gasteiger partial charge in [-0.2, -0.15) is 0 Å². The second-order valence-electron chi connectivity index (χ2n) is 6.80. The van der Waals surface area contributed by atoms with Gasteiger partial charge in [-0.25, -0.2) is 9.97 Å². The van der Waals surface area contributed by atoms with Gasteiger partial charge in [0, 0.05) is 12.1 Å². The van der Waals surface area contributed by atoms with Crippen molar-refractivity contribution < 1.29 is 4.79 Å². The molecule has 0 saturated carbocycles. The number of primary amides is 1. The second-order valence-corrected chi connectivity index (χ2v) is 6.80. The first-order valence-corrected chi connectivity index (χ1v) is 9.03. The van der Waals surface area contributed by atoms with Crippen LogP contribution < -0.4 is 5.73 Å². The number of likely N-dealkylation sites (tertiary alicyclic amines) is 1. The van der Waals surface area contributed by atoms with Crippen LogP contribution in [0.2, 0.25) is 0 Å². The number of aromatic nitrogens is 2. The van der Waals surface area contributed by atoms with Gasteiger partial charge in [-0.1, -0.05) is 30.3 Å². The third-order valence-corrected chi connectivity index (χ3v) is 5.00. The lowest BCUT2D eigenvalue weighted by atomic mass is 9.95. The van der Waals surface area contributed by atoms with Gasteiger partial charge in [0.15, 0.2) is 0 Å². The van der Waals surface area contributed by atoms with Crippen molar-refractivity contribution in [2.45, 2.75) is 38.5 Å². The molecular weight excluding hydrogens is 312 g/mol. The predicted octanol–water partition coefficient (Wildman–Crippen LogP) is 2.70. The van der Waals surface area contributed by atoms with Crippen LogP contribution in [0.1, 0.15) is 52.6 Å². The third kappa shape index (κ3) is 4.63. The minimum absolute atomic E-state index is 0.381. The van der Waals surface area contributed by atoms with Gasteiger partial charge in [0.1, 0.15) is 5.82 Å². The molecule has 5 heteroatoms. The number of carbonyl (C=O) groups is 1. The molecule has 1 amide bonds. The lowest BCUT2D eigenvalue weighted by Crippen LogP contribution is -2.34. The SMILES string of the molecule is Cc1nc(C2CCN(CCCc3ccccc3)CC2)ncc1C(N)=O. The minimum Gasteiger partial charge on any atom is -0.365 e. The van der Waals surface area contributed by atoms with Crippen molar-refractivity contribution in [1.29, 1.82) is 0 Å². The molecule has 0 unspecified atom stereocenters. The Hall–Kier alpha value is -2.27. The van der Waals surface area contributed by atoms with Crippen molar-refractivity contribution in [3.05, 3.63) is 59.2 Å². The van der Waals surface area contributed by atoms with E-state index in [1.54, 1.807) is 6.20 Å². The summed E-state index contributed by atoms with van der Waals surface area (Å²) in [7, 11) is 0. The van der Waals surface area contributed by atoms with E-state index in [2.05, 4.69) is 45.2 Å². The summed E-state index contributed by atoms with van der Waals surface area (Å²) in [5.41, 5.74) is 7.84. The van der Waals surface area contributed by atoms with E-state index in [0.717, 1.165) is 44.7 Å². The molecule has 1 aromatic carbocycles. The Morgan fingerprint density at radius 2 is 1.96 bits per heavy atom. The third-order valence-electron chi connectivity index (χ3n) is 5.00. The van der Waals surface area contributed by atoms with Crippen molar-refractivity contribution in [2.75, 3.05) is 19.6 Å². The highest BCUT2D eigenvalue weighted by atomic mass is 16.1. The molecule has 0 atom stereocenters. The highest BCUT2D eigenvalue weighted by Crippen LogP contribution is 2.26. The van der Waals surface area contributed by atoms with Gasteiger partial charge in [0.05, 0.1) is 11.3 Å². The number of nitrogens with zero attached hydrogens (tertiary/aromatic N) is 3. The fourth-order valence-corrected chi connectivity index (χ4v) is 3.49. The van der Waals surface area contributed by atoms with Gasteiger partial charge in [-0.05, 0) is 57.8 Å². The molecular formula is C20H26N4O. The van der Waals surface area contributed by atoms with Crippen molar-refractivity contribution in [1.82, 2.24) is 14.9 Å². The Morgan fingerprint density at radius 3 is 2.60 bits per heavy atom. The molecule has 2 aromatic rings. The van der Waals surface area contributed by atoms with E-state index in [0.29, 0.717) is 17.2 Å². The largest absolute Gasteiger partial charge is 0.365 e.